The highest BCUT2D eigenvalue weighted by atomic mass is 16.2. The molecule has 0 heterocycles. The maximum atomic E-state index is 12.0. The summed E-state index contributed by atoms with van der Waals surface area (Å²) in [4.78, 5) is 13.8. The van der Waals surface area contributed by atoms with E-state index in [9.17, 15) is 4.79 Å². The van der Waals surface area contributed by atoms with Gasteiger partial charge in [-0.2, -0.15) is 0 Å². The topological polar surface area (TPSA) is 32.3 Å². The van der Waals surface area contributed by atoms with Gasteiger partial charge in [-0.3, -0.25) is 4.79 Å². The number of fused-ring (bicyclic) bond motifs is 1. The fourth-order valence-corrected chi connectivity index (χ4v) is 2.59. The molecule has 1 aliphatic rings. The second-order valence-corrected chi connectivity index (χ2v) is 5.62. The molecule has 19 heavy (non-hydrogen) atoms. The highest BCUT2D eigenvalue weighted by Crippen LogP contribution is 2.29. The highest BCUT2D eigenvalue weighted by Gasteiger charge is 2.20. The third-order valence-corrected chi connectivity index (χ3v) is 4.04. The molecule has 0 fully saturated rings. The Balaban J connectivity index is 1.96. The summed E-state index contributed by atoms with van der Waals surface area (Å²) < 4.78 is 0. The summed E-state index contributed by atoms with van der Waals surface area (Å²) in [7, 11) is 1.86. The quantitative estimate of drug-likeness (QED) is 0.902. The first-order valence-electron chi connectivity index (χ1n) is 7.16. The molecule has 0 aliphatic heterocycles. The molecule has 1 aliphatic carbocycles. The van der Waals surface area contributed by atoms with E-state index in [2.05, 4.69) is 29.6 Å². The van der Waals surface area contributed by atoms with Crippen LogP contribution in [0.4, 0.5) is 0 Å². The molecule has 3 heteroatoms. The molecule has 1 amide bonds. The van der Waals surface area contributed by atoms with Crippen LogP contribution in [0.1, 0.15) is 43.9 Å². The van der Waals surface area contributed by atoms with E-state index in [1.165, 1.54) is 17.5 Å². The van der Waals surface area contributed by atoms with E-state index in [4.69, 9.17) is 0 Å². The van der Waals surface area contributed by atoms with Crippen LogP contribution in [-0.2, 0) is 11.2 Å². The van der Waals surface area contributed by atoms with Crippen molar-refractivity contribution in [2.24, 2.45) is 0 Å². The standard InChI is InChI=1S/C16H24N2O/c1-12(2)18(3)16(19)11-17-15-10-6-8-13-7-4-5-9-14(13)15/h4-5,7,9,12,15,17H,6,8,10-11H2,1-3H3. The molecule has 1 N–H and O–H groups in total. The summed E-state index contributed by atoms with van der Waals surface area (Å²) in [5, 5.41) is 3.42. The predicted molar refractivity (Wildman–Crippen MR) is 78.0 cm³/mol. The average molecular weight is 260 g/mol. The van der Waals surface area contributed by atoms with Gasteiger partial charge in [0.15, 0.2) is 0 Å². The highest BCUT2D eigenvalue weighted by molar-refractivity contribution is 5.78. The summed E-state index contributed by atoms with van der Waals surface area (Å²) in [6.07, 6.45) is 3.48. The van der Waals surface area contributed by atoms with E-state index in [1.807, 2.05) is 20.9 Å². The van der Waals surface area contributed by atoms with Crippen LogP contribution < -0.4 is 5.32 Å². The molecule has 1 unspecified atom stereocenters. The molecule has 0 saturated carbocycles. The van der Waals surface area contributed by atoms with E-state index < -0.39 is 0 Å². The lowest BCUT2D eigenvalue weighted by molar-refractivity contribution is -0.130. The van der Waals surface area contributed by atoms with E-state index >= 15 is 0 Å². The van der Waals surface area contributed by atoms with Crippen molar-refractivity contribution < 1.29 is 4.79 Å². The fraction of sp³-hybridized carbons (Fsp3) is 0.562. The smallest absolute Gasteiger partial charge is 0.236 e. The van der Waals surface area contributed by atoms with Gasteiger partial charge in [0.1, 0.15) is 0 Å². The molecule has 1 aromatic rings. The van der Waals surface area contributed by atoms with Crippen LogP contribution in [0.5, 0.6) is 0 Å². The number of nitrogens with zero attached hydrogens (tertiary/aromatic N) is 1. The second kappa shape index (κ2) is 6.20. The molecule has 1 aromatic carbocycles. The maximum absolute atomic E-state index is 12.0. The summed E-state index contributed by atoms with van der Waals surface area (Å²) in [6.45, 7) is 4.50. The van der Waals surface area contributed by atoms with Crippen molar-refractivity contribution >= 4 is 5.91 Å². The molecular weight excluding hydrogens is 236 g/mol. The second-order valence-electron chi connectivity index (χ2n) is 5.62. The lowest BCUT2D eigenvalue weighted by atomic mass is 9.88. The molecule has 0 radical (unpaired) electrons. The van der Waals surface area contributed by atoms with Crippen LogP contribution in [0.2, 0.25) is 0 Å². The molecular formula is C16H24N2O. The molecule has 0 aromatic heterocycles. The van der Waals surface area contributed by atoms with Crippen molar-refractivity contribution in [3.05, 3.63) is 35.4 Å². The number of likely N-dealkylation sites (N-methyl/N-ethyl adjacent to an activating group) is 1. The first-order chi connectivity index (χ1) is 9.09. The Kier molecular flexibility index (Phi) is 4.59. The Morgan fingerprint density at radius 3 is 2.89 bits per heavy atom. The summed E-state index contributed by atoms with van der Waals surface area (Å²) in [5.74, 6) is 0.165. The van der Waals surface area contributed by atoms with Crippen LogP contribution >= 0.6 is 0 Å². The third-order valence-electron chi connectivity index (χ3n) is 4.04. The van der Waals surface area contributed by atoms with Gasteiger partial charge in [0.25, 0.3) is 0 Å². The van der Waals surface area contributed by atoms with Crippen molar-refractivity contribution in [1.82, 2.24) is 10.2 Å². The van der Waals surface area contributed by atoms with E-state index in [0.717, 1.165) is 12.8 Å². The minimum atomic E-state index is 0.165. The van der Waals surface area contributed by atoms with Crippen molar-refractivity contribution in [3.63, 3.8) is 0 Å². The number of rotatable bonds is 4. The number of carbonyl (C=O) groups is 1. The summed E-state index contributed by atoms with van der Waals surface area (Å²) in [5.41, 5.74) is 2.80. The van der Waals surface area contributed by atoms with Crippen molar-refractivity contribution in [3.8, 4) is 0 Å². The predicted octanol–water partition coefficient (Wildman–Crippen LogP) is 2.52. The first kappa shape index (κ1) is 14.1. The number of benzene rings is 1. The van der Waals surface area contributed by atoms with Crippen molar-refractivity contribution in [2.75, 3.05) is 13.6 Å². The van der Waals surface area contributed by atoms with Crippen molar-refractivity contribution in [2.45, 2.75) is 45.2 Å². The number of aryl methyl sites for hydroxylation is 1. The lowest BCUT2D eigenvalue weighted by Gasteiger charge is -2.28. The Morgan fingerprint density at radius 1 is 1.42 bits per heavy atom. The Hall–Kier alpha value is -1.35. The van der Waals surface area contributed by atoms with Crippen LogP contribution in [0.25, 0.3) is 0 Å². The SMILES string of the molecule is CC(C)N(C)C(=O)CNC1CCCc2ccccc21. The Labute approximate surface area is 116 Å². The van der Waals surface area contributed by atoms with Crippen LogP contribution in [0.15, 0.2) is 24.3 Å². The molecule has 104 valence electrons. The molecule has 0 bridgehead atoms. The van der Waals surface area contributed by atoms with Gasteiger partial charge in [-0.25, -0.2) is 0 Å². The molecule has 2 rings (SSSR count). The van der Waals surface area contributed by atoms with E-state index in [0.29, 0.717) is 12.6 Å². The molecule has 0 saturated heterocycles. The number of carbonyl (C=O) groups excluding carboxylic acids is 1. The molecule has 3 nitrogen and oxygen atoms in total. The first-order valence-corrected chi connectivity index (χ1v) is 7.16. The minimum absolute atomic E-state index is 0.165. The van der Waals surface area contributed by atoms with E-state index in [-0.39, 0.29) is 11.9 Å². The van der Waals surface area contributed by atoms with Gasteiger partial charge < -0.3 is 10.2 Å². The third kappa shape index (κ3) is 3.35. The fourth-order valence-electron chi connectivity index (χ4n) is 2.59. The largest absolute Gasteiger partial charge is 0.342 e. The molecule has 0 spiro atoms. The Bertz CT molecular complexity index is 442. The summed E-state index contributed by atoms with van der Waals surface area (Å²) in [6, 6.07) is 9.15. The van der Waals surface area contributed by atoms with Gasteiger partial charge in [-0.15, -0.1) is 0 Å². The number of amides is 1. The van der Waals surface area contributed by atoms with Gasteiger partial charge in [0.05, 0.1) is 6.54 Å². The number of hydrogen-bond donors (Lipinski definition) is 1. The number of nitrogens with one attached hydrogen (secondary N) is 1. The van der Waals surface area contributed by atoms with Gasteiger partial charge in [0.2, 0.25) is 5.91 Å². The van der Waals surface area contributed by atoms with Crippen LogP contribution in [0, 0.1) is 0 Å². The Morgan fingerprint density at radius 2 is 2.16 bits per heavy atom. The van der Waals surface area contributed by atoms with Crippen LogP contribution in [-0.4, -0.2) is 30.4 Å². The molecule has 1 atom stereocenters. The van der Waals surface area contributed by atoms with Gasteiger partial charge >= 0.3 is 0 Å². The average Bonchev–Trinajstić information content (AvgIpc) is 2.43. The van der Waals surface area contributed by atoms with Gasteiger partial charge in [-0.1, -0.05) is 24.3 Å². The normalized spacial score (nSPS) is 18.2. The summed E-state index contributed by atoms with van der Waals surface area (Å²) >= 11 is 0. The van der Waals surface area contributed by atoms with E-state index in [1.54, 1.807) is 4.90 Å². The zero-order chi connectivity index (χ0) is 13.8. The zero-order valence-electron chi connectivity index (χ0n) is 12.1. The zero-order valence-corrected chi connectivity index (χ0v) is 12.1. The van der Waals surface area contributed by atoms with Gasteiger partial charge in [-0.05, 0) is 44.2 Å². The monoisotopic (exact) mass is 260 g/mol. The maximum Gasteiger partial charge on any atom is 0.236 e. The minimum Gasteiger partial charge on any atom is -0.342 e. The van der Waals surface area contributed by atoms with Gasteiger partial charge in [0, 0.05) is 19.1 Å². The number of hydrogen-bond acceptors (Lipinski definition) is 2. The van der Waals surface area contributed by atoms with Crippen LogP contribution in [0.3, 0.4) is 0 Å². The van der Waals surface area contributed by atoms with Crippen molar-refractivity contribution in [1.29, 1.82) is 0 Å². The lowest BCUT2D eigenvalue weighted by Crippen LogP contribution is -2.40.